The molecule has 0 bridgehead atoms. The molecule has 1 amide bonds. The Hall–Kier alpha value is -1.53. The zero-order valence-electron chi connectivity index (χ0n) is 12.1. The lowest BCUT2D eigenvalue weighted by Gasteiger charge is -2.29. The molecule has 5 nitrogen and oxygen atoms in total. The third kappa shape index (κ3) is 3.98. The summed E-state index contributed by atoms with van der Waals surface area (Å²) in [6.07, 6.45) is 0.500. The van der Waals surface area contributed by atoms with Crippen LogP contribution in [0, 0.1) is 0 Å². The molecule has 0 fully saturated rings. The molecule has 2 unspecified atom stereocenters. The van der Waals surface area contributed by atoms with Crippen molar-refractivity contribution in [2.24, 2.45) is 0 Å². The van der Waals surface area contributed by atoms with Gasteiger partial charge in [0.15, 0.2) is 0 Å². The second-order valence-electron chi connectivity index (χ2n) is 5.47. The maximum atomic E-state index is 12.4. The molecule has 114 valence electrons. The molecule has 21 heavy (non-hydrogen) atoms. The molecule has 0 spiro atoms. The van der Waals surface area contributed by atoms with Crippen LogP contribution in [0.2, 0.25) is 0 Å². The van der Waals surface area contributed by atoms with Crippen molar-refractivity contribution < 1.29 is 19.4 Å². The van der Waals surface area contributed by atoms with Crippen LogP contribution in [0.25, 0.3) is 0 Å². The molecular weight excluding hydrogens is 290 g/mol. The lowest BCUT2D eigenvalue weighted by atomic mass is 9.98. The summed E-state index contributed by atoms with van der Waals surface area (Å²) in [6.45, 7) is 1.85. The highest BCUT2D eigenvalue weighted by molar-refractivity contribution is 8.01. The van der Waals surface area contributed by atoms with Gasteiger partial charge in [-0.3, -0.25) is 9.59 Å². The summed E-state index contributed by atoms with van der Waals surface area (Å²) in [5, 5.41) is 11.6. The molecule has 1 aliphatic rings. The zero-order valence-corrected chi connectivity index (χ0v) is 12.9. The van der Waals surface area contributed by atoms with Crippen LogP contribution in [0.1, 0.15) is 18.9 Å². The Morgan fingerprint density at radius 2 is 2.19 bits per heavy atom. The van der Waals surface area contributed by atoms with E-state index in [0.29, 0.717) is 6.42 Å². The highest BCUT2D eigenvalue weighted by Gasteiger charge is 2.34. The van der Waals surface area contributed by atoms with Crippen LogP contribution in [0.15, 0.2) is 29.2 Å². The van der Waals surface area contributed by atoms with E-state index in [1.807, 2.05) is 24.3 Å². The Morgan fingerprint density at radius 3 is 2.81 bits per heavy atom. The number of thioether (sulfide) groups is 1. The van der Waals surface area contributed by atoms with E-state index in [4.69, 9.17) is 9.84 Å². The summed E-state index contributed by atoms with van der Waals surface area (Å²) in [7, 11) is 1.49. The third-order valence-electron chi connectivity index (χ3n) is 3.37. The number of hydrogen-bond donors (Lipinski definition) is 2. The summed E-state index contributed by atoms with van der Waals surface area (Å²) >= 11 is 1.52. The second kappa shape index (κ2) is 6.49. The van der Waals surface area contributed by atoms with Gasteiger partial charge in [-0.05, 0) is 25.0 Å². The quantitative estimate of drug-likeness (QED) is 0.836. The fraction of sp³-hybridized carbons (Fsp3) is 0.467. The van der Waals surface area contributed by atoms with Gasteiger partial charge in [-0.15, -0.1) is 11.8 Å². The van der Waals surface area contributed by atoms with E-state index in [0.717, 1.165) is 10.5 Å². The molecule has 1 aromatic rings. The fourth-order valence-corrected chi connectivity index (χ4v) is 3.69. The summed E-state index contributed by atoms with van der Waals surface area (Å²) in [5.41, 5.74) is 0.266. The van der Waals surface area contributed by atoms with Crippen LogP contribution in [0.5, 0.6) is 0 Å². The van der Waals surface area contributed by atoms with Crippen molar-refractivity contribution in [3.05, 3.63) is 29.8 Å². The van der Waals surface area contributed by atoms with E-state index < -0.39 is 11.5 Å². The van der Waals surface area contributed by atoms with Gasteiger partial charge in [-0.1, -0.05) is 18.2 Å². The maximum absolute atomic E-state index is 12.4. The van der Waals surface area contributed by atoms with Crippen LogP contribution in [0.4, 0.5) is 0 Å². The van der Waals surface area contributed by atoms with Crippen molar-refractivity contribution in [1.82, 2.24) is 5.32 Å². The van der Waals surface area contributed by atoms with Gasteiger partial charge in [0.05, 0.1) is 23.8 Å². The number of methoxy groups -OCH3 is 1. The van der Waals surface area contributed by atoms with E-state index in [-0.39, 0.29) is 24.2 Å². The molecule has 0 radical (unpaired) electrons. The fourth-order valence-electron chi connectivity index (χ4n) is 2.49. The number of aliphatic carboxylic acids is 1. The van der Waals surface area contributed by atoms with Gasteiger partial charge >= 0.3 is 5.97 Å². The number of fused-ring (bicyclic) bond motifs is 1. The van der Waals surface area contributed by atoms with Crippen molar-refractivity contribution >= 4 is 23.6 Å². The van der Waals surface area contributed by atoms with Crippen LogP contribution < -0.4 is 5.32 Å². The normalized spacial score (nSPS) is 19.6. The predicted octanol–water partition coefficient (Wildman–Crippen LogP) is 1.70. The number of carbonyl (C=O) groups is 2. The topological polar surface area (TPSA) is 75.6 Å². The standard InChI is InChI=1S/C15H19NO4S/c1-15(9-20-2,8-13(17)18)16-14(19)12-7-10-5-3-4-6-11(10)21-12/h3-6,12H,7-9H2,1-2H3,(H,16,19)(H,17,18). The second-order valence-corrected chi connectivity index (χ2v) is 6.72. The van der Waals surface area contributed by atoms with Crippen LogP contribution in [-0.4, -0.2) is 41.5 Å². The highest BCUT2D eigenvalue weighted by atomic mass is 32.2. The van der Waals surface area contributed by atoms with Gasteiger partial charge < -0.3 is 15.2 Å². The Kier molecular flexibility index (Phi) is 4.90. The summed E-state index contributed by atoms with van der Waals surface area (Å²) in [6, 6.07) is 7.92. The number of nitrogens with one attached hydrogen (secondary N) is 1. The SMILES string of the molecule is COCC(C)(CC(=O)O)NC(=O)C1Cc2ccccc2S1. The molecule has 1 heterocycles. The molecule has 0 aliphatic carbocycles. The molecule has 6 heteroatoms. The molecule has 0 aromatic heterocycles. The first kappa shape index (κ1) is 15.9. The number of hydrogen-bond acceptors (Lipinski definition) is 4. The van der Waals surface area contributed by atoms with E-state index in [1.165, 1.54) is 18.9 Å². The van der Waals surface area contributed by atoms with Gasteiger partial charge in [0.1, 0.15) is 0 Å². The molecule has 1 aliphatic heterocycles. The number of rotatable bonds is 6. The average molecular weight is 309 g/mol. The largest absolute Gasteiger partial charge is 0.481 e. The lowest BCUT2D eigenvalue weighted by Crippen LogP contribution is -2.53. The van der Waals surface area contributed by atoms with Gasteiger partial charge in [-0.25, -0.2) is 0 Å². The molecule has 2 rings (SSSR count). The predicted molar refractivity (Wildman–Crippen MR) is 80.5 cm³/mol. The summed E-state index contributed by atoms with van der Waals surface area (Å²) in [4.78, 5) is 24.5. The number of carbonyl (C=O) groups excluding carboxylic acids is 1. The average Bonchev–Trinajstić information content (AvgIpc) is 2.81. The number of carboxylic acids is 1. The van der Waals surface area contributed by atoms with E-state index >= 15 is 0 Å². The minimum Gasteiger partial charge on any atom is -0.481 e. The molecule has 0 saturated carbocycles. The smallest absolute Gasteiger partial charge is 0.305 e. The molecule has 0 saturated heterocycles. The van der Waals surface area contributed by atoms with Crippen LogP contribution in [0.3, 0.4) is 0 Å². The number of amides is 1. The molecule has 2 N–H and O–H groups in total. The monoisotopic (exact) mass is 309 g/mol. The summed E-state index contributed by atoms with van der Waals surface area (Å²) < 4.78 is 5.05. The molecular formula is C15H19NO4S. The van der Waals surface area contributed by atoms with Gasteiger partial charge in [0.25, 0.3) is 0 Å². The summed E-state index contributed by atoms with van der Waals surface area (Å²) in [5.74, 6) is -1.10. The minimum atomic E-state index is -0.961. The zero-order chi connectivity index (χ0) is 15.5. The Morgan fingerprint density at radius 1 is 1.48 bits per heavy atom. The van der Waals surface area contributed by atoms with E-state index in [9.17, 15) is 9.59 Å². The first-order valence-electron chi connectivity index (χ1n) is 6.71. The van der Waals surface area contributed by atoms with Crippen molar-refractivity contribution in [2.75, 3.05) is 13.7 Å². The van der Waals surface area contributed by atoms with Crippen molar-refractivity contribution in [3.63, 3.8) is 0 Å². The Labute approximate surface area is 128 Å². The molecule has 2 atom stereocenters. The minimum absolute atomic E-state index is 0.142. The van der Waals surface area contributed by atoms with Gasteiger partial charge in [0, 0.05) is 12.0 Å². The first-order valence-corrected chi connectivity index (χ1v) is 7.59. The van der Waals surface area contributed by atoms with Gasteiger partial charge in [0.2, 0.25) is 5.91 Å². The number of carboxylic acid groups (broad SMARTS) is 1. The van der Waals surface area contributed by atoms with E-state index in [1.54, 1.807) is 6.92 Å². The Balaban J connectivity index is 2.02. The first-order chi connectivity index (χ1) is 9.93. The van der Waals surface area contributed by atoms with Crippen LogP contribution >= 0.6 is 11.8 Å². The lowest BCUT2D eigenvalue weighted by molar-refractivity contribution is -0.139. The van der Waals surface area contributed by atoms with Crippen molar-refractivity contribution in [3.8, 4) is 0 Å². The third-order valence-corrected chi connectivity index (χ3v) is 4.69. The van der Waals surface area contributed by atoms with Crippen molar-refractivity contribution in [1.29, 1.82) is 0 Å². The highest BCUT2D eigenvalue weighted by Crippen LogP contribution is 2.37. The maximum Gasteiger partial charge on any atom is 0.305 e. The molecule has 1 aromatic carbocycles. The number of ether oxygens (including phenoxy) is 1. The number of benzene rings is 1. The van der Waals surface area contributed by atoms with E-state index in [2.05, 4.69) is 5.32 Å². The van der Waals surface area contributed by atoms with Crippen LogP contribution in [-0.2, 0) is 20.7 Å². The van der Waals surface area contributed by atoms with Gasteiger partial charge in [-0.2, -0.15) is 0 Å². The van der Waals surface area contributed by atoms with Crippen molar-refractivity contribution in [2.45, 2.75) is 35.4 Å². The Bertz CT molecular complexity index is 523.